The Morgan fingerprint density at radius 3 is 2.77 bits per heavy atom. The van der Waals surface area contributed by atoms with Gasteiger partial charge in [-0.2, -0.15) is 0 Å². The molecule has 30 heavy (non-hydrogen) atoms. The largest absolute Gasteiger partial charge is 0.482 e. The summed E-state index contributed by atoms with van der Waals surface area (Å²) in [6, 6.07) is 12.8. The van der Waals surface area contributed by atoms with Gasteiger partial charge in [-0.1, -0.05) is 29.8 Å². The number of nitrogens with one attached hydrogen (secondary N) is 1. The summed E-state index contributed by atoms with van der Waals surface area (Å²) >= 11 is 6.03. The number of anilines is 1. The second-order valence-electron chi connectivity index (χ2n) is 7.24. The number of benzene rings is 2. The van der Waals surface area contributed by atoms with Crippen LogP contribution >= 0.6 is 11.6 Å². The van der Waals surface area contributed by atoms with Crippen molar-refractivity contribution in [1.29, 1.82) is 0 Å². The quantitative estimate of drug-likeness (QED) is 0.730. The number of halogens is 1. The van der Waals surface area contributed by atoms with Crippen LogP contribution in [0.4, 0.5) is 5.69 Å². The summed E-state index contributed by atoms with van der Waals surface area (Å²) in [6.07, 6.45) is 0.805. The Bertz CT molecular complexity index is 958. The van der Waals surface area contributed by atoms with Crippen molar-refractivity contribution in [2.45, 2.75) is 18.6 Å². The van der Waals surface area contributed by atoms with Crippen LogP contribution in [0.1, 0.15) is 17.5 Å². The lowest BCUT2D eigenvalue weighted by atomic mass is 9.98. The summed E-state index contributed by atoms with van der Waals surface area (Å²) in [4.78, 5) is 25.8. The van der Waals surface area contributed by atoms with E-state index in [1.807, 2.05) is 18.2 Å². The maximum Gasteiger partial charge on any atom is 0.257 e. The van der Waals surface area contributed by atoms with Crippen molar-refractivity contribution < 1.29 is 23.8 Å². The first kappa shape index (κ1) is 20.7. The van der Waals surface area contributed by atoms with E-state index >= 15 is 0 Å². The van der Waals surface area contributed by atoms with Gasteiger partial charge in [0.1, 0.15) is 5.75 Å². The third-order valence-electron chi connectivity index (χ3n) is 5.32. The first-order chi connectivity index (χ1) is 14.5. The van der Waals surface area contributed by atoms with Gasteiger partial charge in [0.2, 0.25) is 5.91 Å². The molecule has 0 aromatic heterocycles. The maximum absolute atomic E-state index is 12.2. The summed E-state index contributed by atoms with van der Waals surface area (Å²) < 4.78 is 17.4. The lowest BCUT2D eigenvalue weighted by molar-refractivity contribution is -0.170. The molecule has 2 amide bonds. The van der Waals surface area contributed by atoms with Crippen molar-refractivity contribution in [2.75, 3.05) is 38.3 Å². The fraction of sp³-hybridized carbons (Fsp3) is 0.364. The van der Waals surface area contributed by atoms with Gasteiger partial charge in [-0.05, 0) is 29.8 Å². The standard InChI is InChI=1S/C22H23ClN2O5/c1-25-18-7-6-16(12-15(18)13-21(25)27)22(29-10-11-30-22)8-9-24-20(26)14-28-19-5-3-2-4-17(19)23/h2-7,12H,8-11,13-14H2,1H3,(H,24,26). The zero-order chi connectivity index (χ0) is 21.1. The summed E-state index contributed by atoms with van der Waals surface area (Å²) in [5.74, 6) is -0.666. The van der Waals surface area contributed by atoms with Crippen LogP contribution in [0.3, 0.4) is 0 Å². The SMILES string of the molecule is CN1C(=O)Cc2cc(C3(CCNC(=O)COc4ccccc4Cl)OCCO3)ccc21. The van der Waals surface area contributed by atoms with Crippen molar-refractivity contribution in [3.63, 3.8) is 0 Å². The number of carbonyl (C=O) groups excluding carboxylic acids is 2. The molecule has 4 rings (SSSR count). The zero-order valence-electron chi connectivity index (χ0n) is 16.7. The van der Waals surface area contributed by atoms with Crippen molar-refractivity contribution >= 4 is 29.1 Å². The van der Waals surface area contributed by atoms with E-state index in [-0.39, 0.29) is 18.4 Å². The minimum atomic E-state index is -0.934. The van der Waals surface area contributed by atoms with Gasteiger partial charge in [0.15, 0.2) is 12.4 Å². The Morgan fingerprint density at radius 1 is 1.23 bits per heavy atom. The first-order valence-corrected chi connectivity index (χ1v) is 10.2. The van der Waals surface area contributed by atoms with Crippen LogP contribution in [0, 0.1) is 0 Å². The van der Waals surface area contributed by atoms with Gasteiger partial charge in [-0.25, -0.2) is 0 Å². The lowest BCUT2D eigenvalue weighted by Crippen LogP contribution is -2.36. The molecule has 0 radical (unpaired) electrons. The molecule has 8 heteroatoms. The molecule has 0 saturated carbocycles. The Balaban J connectivity index is 1.36. The second-order valence-corrected chi connectivity index (χ2v) is 7.65. The van der Waals surface area contributed by atoms with Gasteiger partial charge in [0.05, 0.1) is 24.7 Å². The van der Waals surface area contributed by atoms with Crippen molar-refractivity contribution in [1.82, 2.24) is 5.32 Å². The highest BCUT2D eigenvalue weighted by Crippen LogP contribution is 2.38. The normalized spacial score (nSPS) is 17.1. The smallest absolute Gasteiger partial charge is 0.257 e. The molecule has 2 aliphatic rings. The fourth-order valence-corrected chi connectivity index (χ4v) is 3.93. The molecular formula is C22H23ClN2O5. The topological polar surface area (TPSA) is 77.1 Å². The van der Waals surface area contributed by atoms with Crippen LogP contribution in [0.2, 0.25) is 5.02 Å². The highest BCUT2D eigenvalue weighted by Gasteiger charge is 2.39. The van der Waals surface area contributed by atoms with Gasteiger partial charge in [0, 0.05) is 31.3 Å². The second kappa shape index (κ2) is 8.63. The number of fused-ring (bicyclic) bond motifs is 1. The minimum absolute atomic E-state index is 0.0650. The maximum atomic E-state index is 12.2. The van der Waals surface area contributed by atoms with E-state index in [2.05, 4.69) is 5.32 Å². The third-order valence-corrected chi connectivity index (χ3v) is 5.63. The predicted molar refractivity (Wildman–Crippen MR) is 112 cm³/mol. The average molecular weight is 431 g/mol. The van der Waals surface area contributed by atoms with Gasteiger partial charge in [-0.3, -0.25) is 9.59 Å². The highest BCUT2D eigenvalue weighted by molar-refractivity contribution is 6.32. The van der Waals surface area contributed by atoms with Crippen LogP contribution in [0.15, 0.2) is 42.5 Å². The number of rotatable bonds is 7. The van der Waals surface area contributed by atoms with E-state index in [9.17, 15) is 9.59 Å². The number of likely N-dealkylation sites (N-methyl/N-ethyl adjacent to an activating group) is 1. The summed E-state index contributed by atoms with van der Waals surface area (Å²) in [5.41, 5.74) is 2.71. The van der Waals surface area contributed by atoms with Gasteiger partial charge in [-0.15, -0.1) is 0 Å². The summed E-state index contributed by atoms with van der Waals surface area (Å²) in [5, 5.41) is 3.29. The van der Waals surface area contributed by atoms with Crippen LogP contribution in [0.5, 0.6) is 5.75 Å². The summed E-state index contributed by atoms with van der Waals surface area (Å²) in [7, 11) is 1.77. The number of carbonyl (C=O) groups is 2. The van der Waals surface area contributed by atoms with E-state index in [1.54, 1.807) is 36.2 Å². The number of nitrogens with zero attached hydrogens (tertiary/aromatic N) is 1. The highest BCUT2D eigenvalue weighted by atomic mass is 35.5. The number of hydrogen-bond acceptors (Lipinski definition) is 5. The minimum Gasteiger partial charge on any atom is -0.482 e. The van der Waals surface area contributed by atoms with E-state index in [0.717, 1.165) is 16.8 Å². The van der Waals surface area contributed by atoms with Gasteiger partial charge >= 0.3 is 0 Å². The van der Waals surface area contributed by atoms with E-state index in [4.69, 9.17) is 25.8 Å². The average Bonchev–Trinajstić information content (AvgIpc) is 3.33. The Kier molecular flexibility index (Phi) is 5.94. The molecule has 2 heterocycles. The lowest BCUT2D eigenvalue weighted by Gasteiger charge is -2.28. The molecule has 0 spiro atoms. The Hall–Kier alpha value is -2.61. The van der Waals surface area contributed by atoms with Crippen molar-refractivity contribution in [3.8, 4) is 5.75 Å². The predicted octanol–water partition coefficient (Wildman–Crippen LogP) is 2.64. The molecule has 2 aromatic carbocycles. The summed E-state index contributed by atoms with van der Waals surface area (Å²) in [6.45, 7) is 1.16. The fourth-order valence-electron chi connectivity index (χ4n) is 3.74. The van der Waals surface area contributed by atoms with E-state index in [0.29, 0.717) is 43.4 Å². The molecular weight excluding hydrogens is 408 g/mol. The van der Waals surface area contributed by atoms with E-state index in [1.165, 1.54) is 0 Å². The van der Waals surface area contributed by atoms with E-state index < -0.39 is 5.79 Å². The number of ether oxygens (including phenoxy) is 3. The van der Waals surface area contributed by atoms with Crippen LogP contribution in [0.25, 0.3) is 0 Å². The van der Waals surface area contributed by atoms with Gasteiger partial charge in [0.25, 0.3) is 5.91 Å². The number of para-hydroxylation sites is 1. The molecule has 0 bridgehead atoms. The number of hydrogen-bond donors (Lipinski definition) is 1. The zero-order valence-corrected chi connectivity index (χ0v) is 17.4. The Labute approximate surface area is 179 Å². The molecule has 1 saturated heterocycles. The van der Waals surface area contributed by atoms with Gasteiger partial charge < -0.3 is 24.4 Å². The van der Waals surface area contributed by atoms with Crippen molar-refractivity contribution in [2.24, 2.45) is 0 Å². The molecule has 0 unspecified atom stereocenters. The monoisotopic (exact) mass is 430 g/mol. The molecule has 7 nitrogen and oxygen atoms in total. The molecule has 2 aliphatic heterocycles. The number of amides is 2. The van der Waals surface area contributed by atoms with Crippen molar-refractivity contribution in [3.05, 3.63) is 58.6 Å². The third kappa shape index (κ3) is 4.14. The van der Waals surface area contributed by atoms with Crippen LogP contribution in [-0.4, -0.2) is 45.2 Å². The van der Waals surface area contributed by atoms with Crippen LogP contribution in [-0.2, 0) is 31.3 Å². The molecule has 1 N–H and O–H groups in total. The molecule has 2 aromatic rings. The molecule has 1 fully saturated rings. The molecule has 158 valence electrons. The first-order valence-electron chi connectivity index (χ1n) is 9.80. The molecule has 0 atom stereocenters. The molecule has 0 aliphatic carbocycles. The Morgan fingerprint density at radius 2 is 2.00 bits per heavy atom. The van der Waals surface area contributed by atoms with Crippen LogP contribution < -0.4 is 15.0 Å².